The first-order chi connectivity index (χ1) is 58.2. The second-order valence-electron chi connectivity index (χ2n) is 28.7. The molecule has 0 unspecified atom stereocenters. The van der Waals surface area contributed by atoms with Gasteiger partial charge in [-0.3, -0.25) is 4.98 Å². The van der Waals surface area contributed by atoms with E-state index in [1.165, 1.54) is 35.9 Å². The first-order valence-electron chi connectivity index (χ1n) is 38.1. The van der Waals surface area contributed by atoms with Crippen LogP contribution in [0.15, 0.2) is 250 Å². The Balaban J connectivity index is 0.000000119. The van der Waals surface area contributed by atoms with E-state index in [1.807, 2.05) is 120 Å². The Labute approximate surface area is 700 Å². The normalized spacial score (nSPS) is 12.7. The molecule has 19 rings (SSSR count). The summed E-state index contributed by atoms with van der Waals surface area (Å²) in [5.41, 5.74) is 57.6. The number of pyridine rings is 1. The van der Waals surface area contributed by atoms with Gasteiger partial charge in [-0.05, 0) is 164 Å². The molecule has 12 N–H and O–H groups in total. The van der Waals surface area contributed by atoms with Crippen LogP contribution in [-0.4, -0.2) is 92.6 Å². The summed E-state index contributed by atoms with van der Waals surface area (Å²) in [6.07, 6.45) is 22.5. The Morgan fingerprint density at radius 2 is 0.669 bits per heavy atom. The molecule has 0 amide bonds. The van der Waals surface area contributed by atoms with Crippen molar-refractivity contribution in [3.8, 4) is 73.6 Å². The second kappa shape index (κ2) is 36.5. The maximum atomic E-state index is 13.6. The molecule has 0 saturated carbocycles. The van der Waals surface area contributed by atoms with E-state index in [4.69, 9.17) is 62.9 Å². The van der Waals surface area contributed by atoms with Gasteiger partial charge in [0.15, 0.2) is 45.5 Å². The average molecular weight is 1660 g/mol. The number of aryl methyl sites for hydroxylation is 1. The molecule has 13 heterocycles. The fourth-order valence-electron chi connectivity index (χ4n) is 13.4. The summed E-state index contributed by atoms with van der Waals surface area (Å²) in [5.74, 6) is -2.69. The minimum atomic E-state index is -0.911. The van der Waals surface area contributed by atoms with Gasteiger partial charge in [-0.1, -0.05) is 83.4 Å². The van der Waals surface area contributed by atoms with Crippen LogP contribution in [0.3, 0.4) is 0 Å². The van der Waals surface area contributed by atoms with Gasteiger partial charge in [-0.25, -0.2) is 74.6 Å². The molecule has 6 atom stereocenters. The lowest BCUT2D eigenvalue weighted by Gasteiger charge is -2.13. The van der Waals surface area contributed by atoms with E-state index in [9.17, 15) is 17.6 Å². The standard InChI is InChI=1S/C17H15N5.C15H13N5.C15H16N4.2C14H12ClFN4.C14H12F2N4/c1-11(18)14-10-16-20-7-8-22(16)21-17(14)13-5-4-12-3-2-6-19-15(12)9-13;1-10(17)13-8-14-18-5-6-20(14)19-15(13)12-4-2-3-11(7-12)9-16;1-10-4-3-5-12(8-10)15-13(11(2)16)9-14-17-6-7-19(14)18-15;1-8(17)12-7-13-18-2-3-20(13)19-14(12)9-4-10(15)6-11(16)5-9;2*1-8(17)10-7-13-18-4-5-20(13)19-14(10)9-2-3-11(15)12(16)6-9/h2-11H,18H2,1H3;2-8,10H,17H2,1H3;3-9,11H,16H2,1-2H3;3*2-8H,17H2,1H3/t11-;10-;11-;3*8-/m000000/s1. The maximum Gasteiger partial charge on any atom is 0.159 e. The lowest BCUT2D eigenvalue weighted by molar-refractivity contribution is 0.509. The summed E-state index contributed by atoms with van der Waals surface area (Å²) in [6, 6.07) is 50.8. The van der Waals surface area contributed by atoms with Crippen LogP contribution in [-0.2, 0) is 0 Å². The lowest BCUT2D eigenvalue weighted by atomic mass is 10.0. The summed E-state index contributed by atoms with van der Waals surface area (Å²) in [7, 11) is 0. The molecule has 0 aliphatic heterocycles. The SMILES string of the molecule is C[C@H](N)c1cc2nccn2nc1-c1cc(F)cc(Cl)c1.C[C@H](N)c1cc2nccn2nc1-c1ccc(Cl)c(F)c1.C[C@H](N)c1cc2nccn2nc1-c1ccc(F)c(F)c1.C[C@H](N)c1cc2nccn2nc1-c1ccc2cccnc2c1.C[C@H](N)c1cc2nccn2nc1-c1cccc(C#N)c1.Cc1cccc(-c2nn3ccnc3cc2[C@H](C)N)c1. The number of hydrogen-bond acceptors (Lipinski definition) is 20. The highest BCUT2D eigenvalue weighted by molar-refractivity contribution is 6.31. The highest BCUT2D eigenvalue weighted by Gasteiger charge is 2.22. The first-order valence-corrected chi connectivity index (χ1v) is 38.9. The minimum Gasteiger partial charge on any atom is -0.324 e. The van der Waals surface area contributed by atoms with E-state index in [0.29, 0.717) is 61.3 Å². The Morgan fingerprint density at radius 1 is 0.322 bits per heavy atom. The number of halogens is 6. The number of rotatable bonds is 12. The molecule has 121 heavy (non-hydrogen) atoms. The molecular weight excluding hydrogens is 1580 g/mol. The number of imidazole rings is 6. The van der Waals surface area contributed by atoms with Gasteiger partial charge in [0, 0.05) is 194 Å². The summed E-state index contributed by atoms with van der Waals surface area (Å²) in [4.78, 5) is 29.7. The Hall–Kier alpha value is -14.0. The van der Waals surface area contributed by atoms with Crippen LogP contribution >= 0.6 is 23.2 Å². The third kappa shape index (κ3) is 18.9. The van der Waals surface area contributed by atoms with Gasteiger partial charge in [0.25, 0.3) is 0 Å². The quantitative estimate of drug-likeness (QED) is 0.0619. The van der Waals surface area contributed by atoms with Crippen molar-refractivity contribution < 1.29 is 17.6 Å². The van der Waals surface area contributed by atoms with Gasteiger partial charge in [-0.15, -0.1) is 0 Å². The van der Waals surface area contributed by atoms with Gasteiger partial charge in [0.1, 0.15) is 11.6 Å². The first kappa shape index (κ1) is 83.5. The number of aromatic nitrogens is 19. The van der Waals surface area contributed by atoms with Crippen molar-refractivity contribution in [3.63, 3.8) is 0 Å². The zero-order valence-electron chi connectivity index (χ0n) is 66.3. The van der Waals surface area contributed by atoms with Crippen molar-refractivity contribution >= 4 is 68.0 Å². The second-order valence-corrected chi connectivity index (χ2v) is 29.5. The van der Waals surface area contributed by atoms with E-state index < -0.39 is 23.3 Å². The molecule has 6 aromatic carbocycles. The summed E-state index contributed by atoms with van der Waals surface area (Å²) >= 11 is 11.6. The molecule has 32 heteroatoms. The van der Waals surface area contributed by atoms with Crippen molar-refractivity contribution in [1.82, 2.24) is 92.6 Å². The van der Waals surface area contributed by atoms with Crippen molar-refractivity contribution in [2.45, 2.75) is 84.7 Å². The van der Waals surface area contributed by atoms with E-state index in [2.05, 4.69) is 109 Å². The van der Waals surface area contributed by atoms with Crippen LogP contribution in [0.5, 0.6) is 0 Å². The molecule has 0 aliphatic rings. The fourth-order valence-corrected chi connectivity index (χ4v) is 13.7. The fraction of sp³-hybridized carbons (Fsp3) is 0.146. The van der Waals surface area contributed by atoms with Crippen LogP contribution in [0, 0.1) is 41.5 Å². The maximum absolute atomic E-state index is 13.6. The van der Waals surface area contributed by atoms with E-state index in [0.717, 1.165) is 107 Å². The van der Waals surface area contributed by atoms with Gasteiger partial charge >= 0.3 is 0 Å². The van der Waals surface area contributed by atoms with Gasteiger partial charge in [0.2, 0.25) is 0 Å². The molecule has 0 saturated heterocycles. The number of nitriles is 1. The molecule has 0 bridgehead atoms. The monoisotopic (exact) mass is 1660 g/mol. The van der Waals surface area contributed by atoms with Crippen molar-refractivity contribution in [1.29, 1.82) is 5.26 Å². The van der Waals surface area contributed by atoms with Gasteiger partial charge in [0.05, 0.1) is 56.3 Å². The van der Waals surface area contributed by atoms with Crippen LogP contribution in [0.1, 0.15) is 122 Å². The molecule has 608 valence electrons. The zero-order valence-corrected chi connectivity index (χ0v) is 67.8. The van der Waals surface area contributed by atoms with E-state index in [-0.39, 0.29) is 41.3 Å². The number of hydrogen-bond donors (Lipinski definition) is 6. The Bertz CT molecular complexity index is 6850. The molecule has 0 aliphatic carbocycles. The summed E-state index contributed by atoms with van der Waals surface area (Å²) in [5, 5.41) is 37.7. The van der Waals surface area contributed by atoms with Crippen LogP contribution in [0.4, 0.5) is 17.6 Å². The third-order valence-corrected chi connectivity index (χ3v) is 19.9. The minimum absolute atomic E-state index is 0.0790. The number of fused-ring (bicyclic) bond motifs is 7. The van der Waals surface area contributed by atoms with Crippen LogP contribution in [0.2, 0.25) is 10.0 Å². The highest BCUT2D eigenvalue weighted by Crippen LogP contribution is 2.35. The van der Waals surface area contributed by atoms with Gasteiger partial charge in [-0.2, -0.15) is 35.9 Å². The number of benzene rings is 6. The summed E-state index contributed by atoms with van der Waals surface area (Å²) in [6.45, 7) is 13.4. The predicted octanol–water partition coefficient (Wildman–Crippen LogP) is 17.1. The van der Waals surface area contributed by atoms with Crippen molar-refractivity contribution in [2.24, 2.45) is 34.4 Å². The van der Waals surface area contributed by atoms with Crippen molar-refractivity contribution in [2.75, 3.05) is 0 Å². The molecule has 26 nitrogen and oxygen atoms in total. The zero-order chi connectivity index (χ0) is 85.4. The largest absolute Gasteiger partial charge is 0.324 e. The lowest BCUT2D eigenvalue weighted by Crippen LogP contribution is -2.10. The smallest absolute Gasteiger partial charge is 0.159 e. The molecule has 13 aromatic heterocycles. The molecule has 0 radical (unpaired) electrons. The number of nitrogens with zero attached hydrogens (tertiary/aromatic N) is 20. The molecule has 19 aromatic rings. The third-order valence-electron chi connectivity index (χ3n) is 19.4. The Morgan fingerprint density at radius 3 is 1.03 bits per heavy atom. The molecule has 0 spiro atoms. The number of nitrogens with two attached hydrogens (primary N) is 6. The van der Waals surface area contributed by atoms with Gasteiger partial charge < -0.3 is 34.4 Å². The van der Waals surface area contributed by atoms with E-state index in [1.54, 1.807) is 126 Å². The highest BCUT2D eigenvalue weighted by atomic mass is 35.5. The van der Waals surface area contributed by atoms with E-state index >= 15 is 0 Å². The Kier molecular flexibility index (Phi) is 25.2. The predicted molar refractivity (Wildman–Crippen MR) is 461 cm³/mol. The molecular formula is C89H80Cl2F4N26. The average Bonchev–Trinajstić information content (AvgIpc) is 1.72. The van der Waals surface area contributed by atoms with Crippen LogP contribution in [0.25, 0.3) is 112 Å². The summed E-state index contributed by atoms with van der Waals surface area (Å²) < 4.78 is 63.7. The molecule has 0 fully saturated rings. The van der Waals surface area contributed by atoms with Crippen LogP contribution < -0.4 is 34.4 Å². The van der Waals surface area contributed by atoms with Crippen molar-refractivity contribution in [3.05, 3.63) is 328 Å². The topological polar surface area (TPSA) is 374 Å².